The third-order valence-electron chi connectivity index (χ3n) is 3.75. The molecular formula is C17H20INOS. The third-order valence-corrected chi connectivity index (χ3v) is 5.72. The summed E-state index contributed by atoms with van der Waals surface area (Å²) in [4.78, 5) is 1.56. The second kappa shape index (κ2) is 7.01. The highest BCUT2D eigenvalue weighted by Gasteiger charge is 2.22. The van der Waals surface area contributed by atoms with Crippen molar-refractivity contribution in [2.45, 2.75) is 38.6 Å². The number of benzene rings is 1. The number of rotatable bonds is 5. The molecule has 1 heterocycles. The van der Waals surface area contributed by atoms with Gasteiger partial charge >= 0.3 is 0 Å². The second-order valence-electron chi connectivity index (χ2n) is 5.39. The van der Waals surface area contributed by atoms with Gasteiger partial charge in [-0.25, -0.2) is 0 Å². The van der Waals surface area contributed by atoms with Crippen molar-refractivity contribution in [1.29, 1.82) is 0 Å². The number of hydrogen-bond acceptors (Lipinski definition) is 3. The molecule has 0 aliphatic heterocycles. The highest BCUT2D eigenvalue weighted by molar-refractivity contribution is 14.1. The monoisotopic (exact) mass is 413 g/mol. The lowest BCUT2D eigenvalue weighted by Gasteiger charge is -2.24. The molecule has 0 spiro atoms. The van der Waals surface area contributed by atoms with Gasteiger partial charge in [0, 0.05) is 10.6 Å². The van der Waals surface area contributed by atoms with Crippen LogP contribution in [0.4, 0.5) is 5.69 Å². The number of aryl methyl sites for hydroxylation is 1. The molecule has 1 aliphatic rings. The maximum Gasteiger partial charge on any atom is 0.119 e. The van der Waals surface area contributed by atoms with E-state index in [1.165, 1.54) is 33.4 Å². The minimum absolute atomic E-state index is 0.455. The predicted octanol–water partition coefficient (Wildman–Crippen LogP) is 5.63. The number of fused-ring (bicyclic) bond motifs is 1. The molecule has 2 aromatic rings. The van der Waals surface area contributed by atoms with E-state index in [1.807, 2.05) is 11.3 Å². The molecule has 1 aromatic carbocycles. The molecule has 0 fully saturated rings. The molecule has 1 atom stereocenters. The van der Waals surface area contributed by atoms with Crippen LogP contribution in [0.2, 0.25) is 0 Å². The van der Waals surface area contributed by atoms with Gasteiger partial charge < -0.3 is 10.1 Å². The number of thiophene rings is 1. The first-order valence-corrected chi connectivity index (χ1v) is 9.43. The molecule has 0 bridgehead atoms. The minimum Gasteiger partial charge on any atom is -0.494 e. The van der Waals surface area contributed by atoms with Crippen LogP contribution in [0.1, 0.15) is 42.7 Å². The largest absolute Gasteiger partial charge is 0.494 e. The summed E-state index contributed by atoms with van der Waals surface area (Å²) < 4.78 is 7.03. The Morgan fingerprint density at radius 1 is 1.33 bits per heavy atom. The van der Waals surface area contributed by atoms with Gasteiger partial charge in [0.25, 0.3) is 0 Å². The molecular weight excluding hydrogens is 393 g/mol. The van der Waals surface area contributed by atoms with E-state index in [2.05, 4.69) is 65.2 Å². The zero-order valence-electron chi connectivity index (χ0n) is 12.2. The lowest BCUT2D eigenvalue weighted by atomic mass is 9.94. The molecule has 1 unspecified atom stereocenters. The Morgan fingerprint density at radius 2 is 2.14 bits per heavy atom. The lowest BCUT2D eigenvalue weighted by Crippen LogP contribution is -2.15. The fourth-order valence-electron chi connectivity index (χ4n) is 2.74. The Bertz CT molecular complexity index is 593. The predicted molar refractivity (Wildman–Crippen MR) is 98.6 cm³/mol. The van der Waals surface area contributed by atoms with E-state index in [4.69, 9.17) is 4.74 Å². The summed E-state index contributed by atoms with van der Waals surface area (Å²) in [6.45, 7) is 2.91. The van der Waals surface area contributed by atoms with Gasteiger partial charge in [-0.2, -0.15) is 0 Å². The normalized spacial score (nSPS) is 17.3. The van der Waals surface area contributed by atoms with E-state index in [0.29, 0.717) is 6.04 Å². The first-order valence-electron chi connectivity index (χ1n) is 7.54. The Labute approximate surface area is 144 Å². The Hall–Kier alpha value is -0.750. The lowest BCUT2D eigenvalue weighted by molar-refractivity contribution is 0.317. The maximum atomic E-state index is 5.63. The van der Waals surface area contributed by atoms with Gasteiger partial charge in [0.2, 0.25) is 0 Å². The van der Waals surface area contributed by atoms with Gasteiger partial charge in [-0.1, -0.05) is 6.92 Å². The number of hydrogen-bond donors (Lipinski definition) is 1. The zero-order chi connectivity index (χ0) is 14.7. The molecule has 0 radical (unpaired) electrons. The number of ether oxygens (including phenoxy) is 1. The van der Waals surface area contributed by atoms with Crippen molar-refractivity contribution in [2.75, 3.05) is 11.9 Å². The molecule has 1 N–H and O–H groups in total. The molecule has 1 aliphatic carbocycles. The van der Waals surface area contributed by atoms with Crippen molar-refractivity contribution in [3.63, 3.8) is 0 Å². The van der Waals surface area contributed by atoms with Gasteiger partial charge in [0.15, 0.2) is 0 Å². The molecule has 4 heteroatoms. The number of halogens is 1. The molecule has 2 nitrogen and oxygen atoms in total. The van der Waals surface area contributed by atoms with Crippen LogP contribution in [-0.4, -0.2) is 6.61 Å². The first kappa shape index (κ1) is 15.2. The van der Waals surface area contributed by atoms with Crippen LogP contribution in [0.15, 0.2) is 30.3 Å². The van der Waals surface area contributed by atoms with Crippen molar-refractivity contribution < 1.29 is 4.74 Å². The standard InChI is InChI=1S/C17H20INOS/c1-2-10-20-13-8-6-12(7-9-13)19-15-4-3-5-16-14(15)11-17(18)21-16/h6-9,11,15,19H,2-5,10H2,1H3. The van der Waals surface area contributed by atoms with Crippen LogP contribution in [-0.2, 0) is 6.42 Å². The quantitative estimate of drug-likeness (QED) is 0.642. The molecule has 21 heavy (non-hydrogen) atoms. The Morgan fingerprint density at radius 3 is 2.90 bits per heavy atom. The van der Waals surface area contributed by atoms with Crippen molar-refractivity contribution in [1.82, 2.24) is 0 Å². The zero-order valence-corrected chi connectivity index (χ0v) is 15.2. The number of anilines is 1. The van der Waals surface area contributed by atoms with Crippen molar-refractivity contribution in [2.24, 2.45) is 0 Å². The maximum absolute atomic E-state index is 5.63. The van der Waals surface area contributed by atoms with Gasteiger partial charge in [-0.05, 0) is 84.2 Å². The van der Waals surface area contributed by atoms with Gasteiger partial charge in [-0.3, -0.25) is 0 Å². The summed E-state index contributed by atoms with van der Waals surface area (Å²) in [5.74, 6) is 0.955. The second-order valence-corrected chi connectivity index (χ2v) is 8.42. The highest BCUT2D eigenvalue weighted by atomic mass is 127. The molecule has 1 aromatic heterocycles. The molecule has 3 rings (SSSR count). The average Bonchev–Trinajstić information content (AvgIpc) is 2.88. The number of nitrogens with one attached hydrogen (secondary N) is 1. The highest BCUT2D eigenvalue weighted by Crippen LogP contribution is 2.38. The Balaban J connectivity index is 1.69. The van der Waals surface area contributed by atoms with E-state index < -0.39 is 0 Å². The molecule has 0 saturated carbocycles. The smallest absolute Gasteiger partial charge is 0.119 e. The summed E-state index contributed by atoms with van der Waals surface area (Å²) >= 11 is 4.38. The van der Waals surface area contributed by atoms with Gasteiger partial charge in [-0.15, -0.1) is 11.3 Å². The Kier molecular flexibility index (Phi) is 5.06. The average molecular weight is 413 g/mol. The van der Waals surface area contributed by atoms with Crippen LogP contribution in [0.3, 0.4) is 0 Å². The fraction of sp³-hybridized carbons (Fsp3) is 0.412. The van der Waals surface area contributed by atoms with Crippen molar-refractivity contribution >= 4 is 39.6 Å². The first-order chi connectivity index (χ1) is 10.3. The van der Waals surface area contributed by atoms with Crippen molar-refractivity contribution in [3.05, 3.63) is 43.7 Å². The summed E-state index contributed by atoms with van der Waals surface area (Å²) in [6, 6.07) is 11.2. The van der Waals surface area contributed by atoms with Gasteiger partial charge in [0.1, 0.15) is 5.75 Å². The van der Waals surface area contributed by atoms with Crippen LogP contribution < -0.4 is 10.1 Å². The minimum atomic E-state index is 0.455. The van der Waals surface area contributed by atoms with E-state index in [9.17, 15) is 0 Å². The van der Waals surface area contributed by atoms with Crippen LogP contribution >= 0.6 is 33.9 Å². The van der Waals surface area contributed by atoms with Crippen LogP contribution in [0.25, 0.3) is 0 Å². The summed E-state index contributed by atoms with van der Waals surface area (Å²) in [5, 5.41) is 3.68. The van der Waals surface area contributed by atoms with Crippen LogP contribution in [0, 0.1) is 2.88 Å². The summed E-state index contributed by atoms with van der Waals surface area (Å²) in [7, 11) is 0. The van der Waals surface area contributed by atoms with E-state index >= 15 is 0 Å². The fourth-order valence-corrected chi connectivity index (χ4v) is 4.86. The van der Waals surface area contributed by atoms with Gasteiger partial charge in [0.05, 0.1) is 15.5 Å². The molecule has 0 amide bonds. The van der Waals surface area contributed by atoms with Crippen LogP contribution in [0.5, 0.6) is 5.75 Å². The topological polar surface area (TPSA) is 21.3 Å². The third kappa shape index (κ3) is 3.72. The summed E-state index contributed by atoms with van der Waals surface area (Å²) in [5.41, 5.74) is 2.68. The van der Waals surface area contributed by atoms with E-state index in [-0.39, 0.29) is 0 Å². The van der Waals surface area contributed by atoms with E-state index in [0.717, 1.165) is 18.8 Å². The van der Waals surface area contributed by atoms with Crippen molar-refractivity contribution in [3.8, 4) is 5.75 Å². The van der Waals surface area contributed by atoms with E-state index in [1.54, 1.807) is 4.88 Å². The molecule has 112 valence electrons. The SMILES string of the molecule is CCCOc1ccc(NC2CCCc3sc(I)cc32)cc1. The molecule has 0 saturated heterocycles. The summed E-state index contributed by atoms with van der Waals surface area (Å²) in [6.07, 6.45) is 4.78.